The van der Waals surface area contributed by atoms with Crippen molar-refractivity contribution in [1.29, 1.82) is 0 Å². The van der Waals surface area contributed by atoms with Gasteiger partial charge >= 0.3 is 0 Å². The molecule has 2 saturated carbocycles. The second-order valence-corrected chi connectivity index (χ2v) is 7.09. The van der Waals surface area contributed by atoms with Gasteiger partial charge in [0.1, 0.15) is 0 Å². The summed E-state index contributed by atoms with van der Waals surface area (Å²) in [4.78, 5) is 15.0. The largest absolute Gasteiger partial charge is 0.352 e. The molecule has 0 bridgehead atoms. The Labute approximate surface area is 146 Å². The molecule has 1 aliphatic heterocycles. The Hall–Kier alpha value is -0.0300. The first-order chi connectivity index (χ1) is 9.67. The standard InChI is InChI=1S/C16H29N3O.2ClH/c17-16(9-3-4-10-16)15(20)18-13-7-11-19(12-8-13)14-5-1-2-6-14;;/h13-14H,1-12,17H2,(H,18,20);2*1H. The molecule has 1 saturated heterocycles. The Kier molecular flexibility index (Phi) is 7.93. The zero-order chi connectivity index (χ0) is 14.0. The van der Waals surface area contributed by atoms with E-state index in [1.54, 1.807) is 0 Å². The maximum atomic E-state index is 12.3. The highest BCUT2D eigenvalue weighted by Crippen LogP contribution is 2.29. The number of amides is 1. The van der Waals surface area contributed by atoms with E-state index in [-0.39, 0.29) is 30.7 Å². The van der Waals surface area contributed by atoms with Crippen LogP contribution in [0.2, 0.25) is 0 Å². The fraction of sp³-hybridized carbons (Fsp3) is 0.938. The molecule has 3 rings (SSSR count). The molecule has 0 aromatic carbocycles. The van der Waals surface area contributed by atoms with Crippen LogP contribution in [0, 0.1) is 0 Å². The second kappa shape index (κ2) is 8.72. The summed E-state index contributed by atoms with van der Waals surface area (Å²) in [6.07, 6.45) is 11.7. The van der Waals surface area contributed by atoms with Crippen molar-refractivity contribution in [2.75, 3.05) is 13.1 Å². The van der Waals surface area contributed by atoms with E-state index in [1.165, 1.54) is 25.7 Å². The van der Waals surface area contributed by atoms with Gasteiger partial charge in [-0.25, -0.2) is 0 Å². The van der Waals surface area contributed by atoms with Crippen molar-refractivity contribution >= 4 is 30.7 Å². The lowest BCUT2D eigenvalue weighted by atomic mass is 9.96. The normalized spacial score (nSPS) is 26.2. The van der Waals surface area contributed by atoms with Crippen LogP contribution in [0.25, 0.3) is 0 Å². The van der Waals surface area contributed by atoms with Gasteiger partial charge in [-0.3, -0.25) is 4.79 Å². The van der Waals surface area contributed by atoms with Gasteiger partial charge in [-0.2, -0.15) is 0 Å². The third kappa shape index (κ3) is 4.50. The van der Waals surface area contributed by atoms with E-state index in [1.807, 2.05) is 0 Å². The highest BCUT2D eigenvalue weighted by Gasteiger charge is 2.38. The van der Waals surface area contributed by atoms with Gasteiger partial charge in [0.25, 0.3) is 0 Å². The molecule has 0 aromatic heterocycles. The SMILES string of the molecule is Cl.Cl.NC1(C(=O)NC2CCN(C3CCCC3)CC2)CCCC1. The number of hydrogen-bond acceptors (Lipinski definition) is 3. The smallest absolute Gasteiger partial charge is 0.240 e. The van der Waals surface area contributed by atoms with Crippen molar-refractivity contribution in [1.82, 2.24) is 10.2 Å². The molecule has 22 heavy (non-hydrogen) atoms. The van der Waals surface area contributed by atoms with Gasteiger partial charge in [0.15, 0.2) is 0 Å². The van der Waals surface area contributed by atoms with Gasteiger partial charge in [0, 0.05) is 25.2 Å². The lowest BCUT2D eigenvalue weighted by Gasteiger charge is -2.37. The van der Waals surface area contributed by atoms with Gasteiger partial charge in [0.05, 0.1) is 5.54 Å². The molecule has 1 heterocycles. The fourth-order valence-corrected chi connectivity index (χ4v) is 4.24. The second-order valence-electron chi connectivity index (χ2n) is 7.09. The summed E-state index contributed by atoms with van der Waals surface area (Å²) in [5, 5.41) is 3.22. The number of halogens is 2. The summed E-state index contributed by atoms with van der Waals surface area (Å²) in [6, 6.07) is 1.17. The minimum atomic E-state index is -0.567. The first-order valence-corrected chi connectivity index (χ1v) is 8.51. The van der Waals surface area contributed by atoms with E-state index in [0.29, 0.717) is 6.04 Å². The molecule has 1 amide bonds. The molecule has 130 valence electrons. The number of hydrogen-bond donors (Lipinski definition) is 2. The number of carbonyl (C=O) groups is 1. The van der Waals surface area contributed by atoms with Crippen molar-refractivity contribution in [2.45, 2.75) is 81.8 Å². The predicted molar refractivity (Wildman–Crippen MR) is 94.9 cm³/mol. The van der Waals surface area contributed by atoms with Crippen molar-refractivity contribution in [3.05, 3.63) is 0 Å². The third-order valence-corrected chi connectivity index (χ3v) is 5.65. The summed E-state index contributed by atoms with van der Waals surface area (Å²) >= 11 is 0. The average Bonchev–Trinajstić information content (AvgIpc) is 3.11. The van der Waals surface area contributed by atoms with Crippen molar-refractivity contribution < 1.29 is 4.79 Å². The lowest BCUT2D eigenvalue weighted by molar-refractivity contribution is -0.127. The van der Waals surface area contributed by atoms with E-state index in [4.69, 9.17) is 5.73 Å². The topological polar surface area (TPSA) is 58.4 Å². The van der Waals surface area contributed by atoms with Gasteiger partial charge in [-0.05, 0) is 38.5 Å². The minimum Gasteiger partial charge on any atom is -0.352 e. The van der Waals surface area contributed by atoms with Crippen LogP contribution in [0.15, 0.2) is 0 Å². The van der Waals surface area contributed by atoms with Crippen LogP contribution < -0.4 is 11.1 Å². The van der Waals surface area contributed by atoms with Crippen LogP contribution in [-0.2, 0) is 4.79 Å². The van der Waals surface area contributed by atoms with Crippen molar-refractivity contribution in [3.63, 3.8) is 0 Å². The third-order valence-electron chi connectivity index (χ3n) is 5.65. The Morgan fingerprint density at radius 1 is 0.955 bits per heavy atom. The molecule has 0 radical (unpaired) electrons. The Bertz CT molecular complexity index is 347. The summed E-state index contributed by atoms with van der Waals surface area (Å²) in [6.45, 7) is 2.29. The molecule has 3 N–H and O–H groups in total. The van der Waals surface area contributed by atoms with Crippen LogP contribution in [0.4, 0.5) is 0 Å². The Morgan fingerprint density at radius 3 is 2.05 bits per heavy atom. The Morgan fingerprint density at radius 2 is 1.50 bits per heavy atom. The van der Waals surface area contributed by atoms with E-state index < -0.39 is 5.54 Å². The van der Waals surface area contributed by atoms with Gasteiger partial charge in [-0.15, -0.1) is 24.8 Å². The summed E-state index contributed by atoms with van der Waals surface area (Å²) < 4.78 is 0. The van der Waals surface area contributed by atoms with E-state index in [9.17, 15) is 4.79 Å². The minimum absolute atomic E-state index is 0. The number of likely N-dealkylation sites (tertiary alicyclic amines) is 1. The van der Waals surface area contributed by atoms with Crippen LogP contribution in [-0.4, -0.2) is 41.5 Å². The quantitative estimate of drug-likeness (QED) is 0.821. The molecular weight excluding hydrogens is 321 g/mol. The molecular formula is C16H31Cl2N3O. The van der Waals surface area contributed by atoms with Crippen molar-refractivity contribution in [2.24, 2.45) is 5.73 Å². The van der Waals surface area contributed by atoms with Gasteiger partial charge in [0.2, 0.25) is 5.91 Å². The number of carbonyl (C=O) groups excluding carboxylic acids is 1. The Balaban J connectivity index is 0.00000121. The molecule has 0 spiro atoms. The number of rotatable bonds is 3. The highest BCUT2D eigenvalue weighted by atomic mass is 35.5. The van der Waals surface area contributed by atoms with Crippen LogP contribution in [0.3, 0.4) is 0 Å². The summed E-state index contributed by atoms with van der Waals surface area (Å²) in [5.74, 6) is 0.106. The monoisotopic (exact) mass is 351 g/mol. The predicted octanol–water partition coefficient (Wildman–Crippen LogP) is 2.62. The first kappa shape index (κ1) is 20.0. The highest BCUT2D eigenvalue weighted by molar-refractivity contribution is 5.86. The zero-order valence-corrected chi connectivity index (χ0v) is 15.0. The van der Waals surface area contributed by atoms with E-state index >= 15 is 0 Å². The molecule has 0 unspecified atom stereocenters. The number of piperidine rings is 1. The molecule has 2 aliphatic carbocycles. The molecule has 0 aromatic rings. The first-order valence-electron chi connectivity index (χ1n) is 8.51. The maximum absolute atomic E-state index is 12.3. The maximum Gasteiger partial charge on any atom is 0.240 e. The van der Waals surface area contributed by atoms with Crippen LogP contribution in [0.5, 0.6) is 0 Å². The van der Waals surface area contributed by atoms with E-state index in [0.717, 1.165) is 57.7 Å². The number of nitrogens with two attached hydrogens (primary N) is 1. The summed E-state index contributed by atoms with van der Waals surface area (Å²) in [7, 11) is 0. The molecule has 3 fully saturated rings. The summed E-state index contributed by atoms with van der Waals surface area (Å²) in [5.41, 5.74) is 5.66. The molecule has 0 atom stereocenters. The lowest BCUT2D eigenvalue weighted by Crippen LogP contribution is -2.56. The molecule has 6 heteroatoms. The van der Waals surface area contributed by atoms with Gasteiger partial charge < -0.3 is 16.0 Å². The number of nitrogens with one attached hydrogen (secondary N) is 1. The van der Waals surface area contributed by atoms with Gasteiger partial charge in [-0.1, -0.05) is 25.7 Å². The fourth-order valence-electron chi connectivity index (χ4n) is 4.24. The van der Waals surface area contributed by atoms with Crippen LogP contribution >= 0.6 is 24.8 Å². The molecule has 4 nitrogen and oxygen atoms in total. The number of nitrogens with zero attached hydrogens (tertiary/aromatic N) is 1. The average molecular weight is 352 g/mol. The van der Waals surface area contributed by atoms with Crippen molar-refractivity contribution in [3.8, 4) is 0 Å². The van der Waals surface area contributed by atoms with Crippen LogP contribution in [0.1, 0.15) is 64.2 Å². The zero-order valence-electron chi connectivity index (χ0n) is 13.4. The van der Waals surface area contributed by atoms with E-state index in [2.05, 4.69) is 10.2 Å². The molecule has 3 aliphatic rings.